The molecule has 1 fully saturated rings. The molecule has 0 aliphatic carbocycles. The predicted molar refractivity (Wildman–Crippen MR) is 80.1 cm³/mol. The molecule has 0 atom stereocenters. The van der Waals surface area contributed by atoms with Crippen molar-refractivity contribution in [2.24, 2.45) is 0 Å². The Labute approximate surface area is 128 Å². The molecule has 1 aliphatic rings. The number of phenolic OH excluding ortho intramolecular Hbond substituents is 1. The van der Waals surface area contributed by atoms with Gasteiger partial charge in [-0.15, -0.1) is 0 Å². The number of rotatable bonds is 6. The molecule has 0 unspecified atom stereocenters. The van der Waals surface area contributed by atoms with Crippen LogP contribution < -0.4 is 4.74 Å². The van der Waals surface area contributed by atoms with Gasteiger partial charge in [-0.25, -0.2) is 0 Å². The maximum atomic E-state index is 11.0. The number of phenols is 1. The molecule has 0 bridgehead atoms. The highest BCUT2D eigenvalue weighted by atomic mass is 16.6. The number of β-amino-alcohol motifs (C(OH)–C–C–N with tert-alkyl or cyclic N) is 1. The van der Waals surface area contributed by atoms with Crippen molar-refractivity contribution in [2.75, 3.05) is 46.4 Å². The topological polar surface area (TPSA) is 99.3 Å². The summed E-state index contributed by atoms with van der Waals surface area (Å²) in [7, 11) is 1.37. The smallest absolute Gasteiger partial charge is 0.314 e. The van der Waals surface area contributed by atoms with Crippen molar-refractivity contribution in [3.05, 3.63) is 27.8 Å². The van der Waals surface area contributed by atoms with Crippen molar-refractivity contribution in [2.45, 2.75) is 6.54 Å². The van der Waals surface area contributed by atoms with Gasteiger partial charge in [0.15, 0.2) is 5.75 Å². The summed E-state index contributed by atoms with van der Waals surface area (Å²) in [4.78, 5) is 14.7. The maximum absolute atomic E-state index is 11.0. The second-order valence-corrected chi connectivity index (χ2v) is 5.26. The first-order valence-corrected chi connectivity index (χ1v) is 7.15. The lowest BCUT2D eigenvalue weighted by molar-refractivity contribution is -0.386. The summed E-state index contributed by atoms with van der Waals surface area (Å²) in [6.45, 7) is 4.77. The van der Waals surface area contributed by atoms with E-state index in [1.807, 2.05) is 0 Å². The van der Waals surface area contributed by atoms with Gasteiger partial charge in [-0.2, -0.15) is 0 Å². The van der Waals surface area contributed by atoms with E-state index in [1.54, 1.807) is 6.07 Å². The molecule has 22 heavy (non-hydrogen) atoms. The normalized spacial score (nSPS) is 16.6. The number of aromatic hydroxyl groups is 1. The fourth-order valence-corrected chi connectivity index (χ4v) is 2.61. The largest absolute Gasteiger partial charge is 0.500 e. The van der Waals surface area contributed by atoms with E-state index < -0.39 is 10.7 Å². The van der Waals surface area contributed by atoms with E-state index >= 15 is 0 Å². The Morgan fingerprint density at radius 2 is 1.91 bits per heavy atom. The summed E-state index contributed by atoms with van der Waals surface area (Å²) in [5.74, 6) is -0.327. The zero-order chi connectivity index (χ0) is 16.1. The second-order valence-electron chi connectivity index (χ2n) is 5.26. The van der Waals surface area contributed by atoms with E-state index in [1.165, 1.54) is 13.2 Å². The fraction of sp³-hybridized carbons (Fsp3) is 0.571. The van der Waals surface area contributed by atoms with Crippen molar-refractivity contribution in [1.29, 1.82) is 0 Å². The van der Waals surface area contributed by atoms with Crippen LogP contribution in [-0.4, -0.2) is 71.4 Å². The number of hydrogen-bond donors (Lipinski definition) is 2. The highest BCUT2D eigenvalue weighted by Gasteiger charge is 2.22. The molecule has 8 heteroatoms. The molecule has 8 nitrogen and oxygen atoms in total. The summed E-state index contributed by atoms with van der Waals surface area (Å²) in [6, 6.07) is 3.01. The Balaban J connectivity index is 2.07. The molecule has 0 spiro atoms. The summed E-state index contributed by atoms with van der Waals surface area (Å²) < 4.78 is 5.01. The molecule has 0 amide bonds. The lowest BCUT2D eigenvalue weighted by atomic mass is 10.1. The van der Waals surface area contributed by atoms with Crippen LogP contribution in [0.15, 0.2) is 12.1 Å². The van der Waals surface area contributed by atoms with Crippen LogP contribution in [0.5, 0.6) is 11.5 Å². The van der Waals surface area contributed by atoms with Gasteiger partial charge in [0.05, 0.1) is 18.6 Å². The van der Waals surface area contributed by atoms with Gasteiger partial charge in [-0.05, 0) is 11.6 Å². The Morgan fingerprint density at radius 1 is 1.27 bits per heavy atom. The number of ether oxygens (including phenoxy) is 1. The van der Waals surface area contributed by atoms with Crippen LogP contribution in [-0.2, 0) is 6.54 Å². The molecule has 1 aromatic rings. The molecule has 0 radical (unpaired) electrons. The number of hydrogen-bond acceptors (Lipinski definition) is 7. The zero-order valence-electron chi connectivity index (χ0n) is 12.6. The monoisotopic (exact) mass is 311 g/mol. The Bertz CT molecular complexity index is 529. The third kappa shape index (κ3) is 3.85. The average molecular weight is 311 g/mol. The first-order valence-electron chi connectivity index (χ1n) is 7.15. The number of nitro groups is 1. The van der Waals surface area contributed by atoms with Crippen LogP contribution in [0.4, 0.5) is 5.69 Å². The second kappa shape index (κ2) is 7.39. The van der Waals surface area contributed by atoms with Gasteiger partial charge in [0.1, 0.15) is 0 Å². The van der Waals surface area contributed by atoms with Crippen molar-refractivity contribution >= 4 is 5.69 Å². The van der Waals surface area contributed by atoms with Crippen LogP contribution >= 0.6 is 0 Å². The SMILES string of the molecule is COc1cc(CN2CCN(CCO)CC2)cc([N+](=O)[O-])c1O. The van der Waals surface area contributed by atoms with Gasteiger partial charge >= 0.3 is 5.69 Å². The van der Waals surface area contributed by atoms with Crippen molar-refractivity contribution in [3.63, 3.8) is 0 Å². The van der Waals surface area contributed by atoms with Crippen LogP contribution in [0.3, 0.4) is 0 Å². The molecule has 0 aromatic heterocycles. The van der Waals surface area contributed by atoms with Gasteiger partial charge in [-0.1, -0.05) is 0 Å². The van der Waals surface area contributed by atoms with Gasteiger partial charge < -0.3 is 14.9 Å². The number of methoxy groups -OCH3 is 1. The molecule has 0 saturated carbocycles. The molecule has 1 saturated heterocycles. The van der Waals surface area contributed by atoms with E-state index in [4.69, 9.17) is 9.84 Å². The molecule has 2 rings (SSSR count). The van der Waals surface area contributed by atoms with Crippen molar-refractivity contribution in [1.82, 2.24) is 9.80 Å². The highest BCUT2D eigenvalue weighted by molar-refractivity contribution is 5.57. The predicted octanol–water partition coefficient (Wildman–Crippen LogP) is 0.419. The van der Waals surface area contributed by atoms with E-state index in [2.05, 4.69) is 9.80 Å². The van der Waals surface area contributed by atoms with Gasteiger partial charge in [0, 0.05) is 45.3 Å². The summed E-state index contributed by atoms with van der Waals surface area (Å²) in [5.41, 5.74) is 0.394. The first kappa shape index (κ1) is 16.5. The minimum atomic E-state index is -0.611. The lowest BCUT2D eigenvalue weighted by Crippen LogP contribution is -2.46. The minimum absolute atomic E-state index is 0.114. The van der Waals surface area contributed by atoms with Gasteiger partial charge in [0.2, 0.25) is 5.75 Å². The molecule has 1 aliphatic heterocycles. The molecular formula is C14H21N3O5. The van der Waals surface area contributed by atoms with Crippen LogP contribution in [0.2, 0.25) is 0 Å². The van der Waals surface area contributed by atoms with E-state index in [0.29, 0.717) is 13.1 Å². The third-order valence-electron chi connectivity index (χ3n) is 3.82. The van der Waals surface area contributed by atoms with Crippen LogP contribution in [0, 0.1) is 10.1 Å². The molecule has 1 aromatic carbocycles. The van der Waals surface area contributed by atoms with Gasteiger partial charge in [-0.3, -0.25) is 19.9 Å². The number of aliphatic hydroxyl groups excluding tert-OH is 1. The Morgan fingerprint density at radius 3 is 2.45 bits per heavy atom. The molecule has 1 heterocycles. The average Bonchev–Trinajstić information content (AvgIpc) is 2.50. The maximum Gasteiger partial charge on any atom is 0.314 e. The van der Waals surface area contributed by atoms with Crippen molar-refractivity contribution < 1.29 is 19.9 Å². The Hall–Kier alpha value is -1.90. The summed E-state index contributed by atoms with van der Waals surface area (Å²) >= 11 is 0. The van der Waals surface area contributed by atoms with Crippen LogP contribution in [0.25, 0.3) is 0 Å². The summed E-state index contributed by atoms with van der Waals surface area (Å²) in [5, 5.41) is 29.7. The molecular weight excluding hydrogens is 290 g/mol. The van der Waals surface area contributed by atoms with Crippen LogP contribution in [0.1, 0.15) is 5.56 Å². The number of nitrogens with zero attached hydrogens (tertiary/aromatic N) is 3. The zero-order valence-corrected chi connectivity index (χ0v) is 12.6. The van der Waals surface area contributed by atoms with Gasteiger partial charge in [0.25, 0.3) is 0 Å². The fourth-order valence-electron chi connectivity index (χ4n) is 2.61. The number of aliphatic hydroxyl groups is 1. The quantitative estimate of drug-likeness (QED) is 0.580. The minimum Gasteiger partial charge on any atom is -0.500 e. The number of nitro benzene ring substituents is 1. The third-order valence-corrected chi connectivity index (χ3v) is 3.82. The van der Waals surface area contributed by atoms with Crippen molar-refractivity contribution in [3.8, 4) is 11.5 Å². The van der Waals surface area contributed by atoms with E-state index in [9.17, 15) is 15.2 Å². The molecule has 2 N–H and O–H groups in total. The summed E-state index contributed by atoms with van der Waals surface area (Å²) in [6.07, 6.45) is 0. The number of piperazine rings is 1. The first-order chi connectivity index (χ1) is 10.5. The molecule has 122 valence electrons. The van der Waals surface area contributed by atoms with E-state index in [-0.39, 0.29) is 18.0 Å². The highest BCUT2D eigenvalue weighted by Crippen LogP contribution is 2.37. The standard InChI is InChI=1S/C14H21N3O5/c1-22-13-9-11(8-12(14(13)19)17(20)21)10-16-4-2-15(3-5-16)6-7-18/h8-9,18-19H,2-7,10H2,1H3. The Kier molecular flexibility index (Phi) is 5.53. The van der Waals surface area contributed by atoms with E-state index in [0.717, 1.165) is 31.7 Å². The lowest BCUT2D eigenvalue weighted by Gasteiger charge is -2.34. The number of benzene rings is 1.